The lowest BCUT2D eigenvalue weighted by molar-refractivity contribution is 0.592. The Hall–Kier alpha value is -5.55. The predicted octanol–water partition coefficient (Wildman–Crippen LogP) is 9.58. The highest BCUT2D eigenvalue weighted by Gasteiger charge is 2.20. The van der Waals surface area contributed by atoms with E-state index in [0.717, 1.165) is 68.0 Å². The Balaban J connectivity index is 1.28. The fraction of sp³-hybridized carbons (Fsp3) is 0.0278. The summed E-state index contributed by atoms with van der Waals surface area (Å²) in [6.45, 7) is 0.731. The minimum absolute atomic E-state index is 0.731. The van der Waals surface area contributed by atoms with Gasteiger partial charge in [0.1, 0.15) is 28.3 Å². The molecule has 5 aromatic carbocycles. The summed E-state index contributed by atoms with van der Waals surface area (Å²) in [4.78, 5) is 7.19. The van der Waals surface area contributed by atoms with Crippen molar-refractivity contribution in [3.05, 3.63) is 127 Å². The van der Waals surface area contributed by atoms with Crippen LogP contribution in [0.3, 0.4) is 0 Å². The first-order valence-corrected chi connectivity index (χ1v) is 13.7. The van der Waals surface area contributed by atoms with E-state index in [4.69, 9.17) is 13.8 Å². The van der Waals surface area contributed by atoms with Gasteiger partial charge in [0.2, 0.25) is 0 Å². The largest absolute Gasteiger partial charge is 0.456 e. The molecule has 41 heavy (non-hydrogen) atoms. The molecule has 8 aromatic rings. The summed E-state index contributed by atoms with van der Waals surface area (Å²) in [6.07, 6.45) is 5.84. The van der Waals surface area contributed by atoms with Crippen LogP contribution in [-0.4, -0.2) is 4.98 Å². The van der Waals surface area contributed by atoms with Gasteiger partial charge in [0.15, 0.2) is 0 Å². The third-order valence-corrected chi connectivity index (χ3v) is 8.16. The average Bonchev–Trinajstić information content (AvgIpc) is 3.59. The van der Waals surface area contributed by atoms with Crippen LogP contribution in [0.4, 0.5) is 17.2 Å². The normalized spacial score (nSPS) is 12.9. The molecule has 0 amide bonds. The van der Waals surface area contributed by atoms with E-state index in [9.17, 15) is 0 Å². The Labute approximate surface area is 234 Å². The highest BCUT2D eigenvalue weighted by atomic mass is 16.3. The van der Waals surface area contributed by atoms with Gasteiger partial charge in [0.25, 0.3) is 0 Å². The summed E-state index contributed by atoms with van der Waals surface area (Å²) >= 11 is 0. The number of hydrogen-bond acceptors (Lipinski definition) is 5. The number of hydrogen-bond donors (Lipinski definition) is 1. The Kier molecular flexibility index (Phi) is 4.61. The van der Waals surface area contributed by atoms with E-state index in [1.165, 1.54) is 21.5 Å². The minimum Gasteiger partial charge on any atom is -0.456 e. The number of benzene rings is 5. The number of fused-ring (bicyclic) bond motifs is 9. The van der Waals surface area contributed by atoms with Crippen LogP contribution in [0.2, 0.25) is 0 Å². The molecule has 0 fully saturated rings. The maximum Gasteiger partial charge on any atom is 0.141 e. The Morgan fingerprint density at radius 3 is 2.37 bits per heavy atom. The van der Waals surface area contributed by atoms with Gasteiger partial charge in [-0.05, 0) is 64.0 Å². The van der Waals surface area contributed by atoms with Gasteiger partial charge in [-0.2, -0.15) is 0 Å². The standard InChI is InChI=1S/C36H23N3O2/c1-2-6-26-22(5-1)9-10-23-17-24(11-13-27(23)26)39(25-12-14-33-29(18-25)30-20-37-16-15-34(30)40-33)36-19-35-31(21-38-36)28-7-3-4-8-32(28)41-35/h1-19,21,37H,20H2. The Morgan fingerprint density at radius 2 is 1.39 bits per heavy atom. The molecule has 0 unspecified atom stereocenters. The van der Waals surface area contributed by atoms with Gasteiger partial charge in [0, 0.05) is 58.1 Å². The first kappa shape index (κ1) is 22.3. The lowest BCUT2D eigenvalue weighted by Crippen LogP contribution is -2.12. The summed E-state index contributed by atoms with van der Waals surface area (Å²) in [5.41, 5.74) is 5.72. The topological polar surface area (TPSA) is 54.4 Å². The number of aromatic nitrogens is 1. The highest BCUT2D eigenvalue weighted by molar-refractivity contribution is 6.09. The molecule has 9 rings (SSSR count). The molecule has 0 saturated heterocycles. The van der Waals surface area contributed by atoms with Crippen LogP contribution in [0.5, 0.6) is 0 Å². The van der Waals surface area contributed by atoms with E-state index in [0.29, 0.717) is 0 Å². The van der Waals surface area contributed by atoms with Crippen LogP contribution < -0.4 is 10.2 Å². The second-order valence-electron chi connectivity index (χ2n) is 10.5. The van der Waals surface area contributed by atoms with Crippen molar-refractivity contribution in [3.63, 3.8) is 0 Å². The number of nitrogens with zero attached hydrogens (tertiary/aromatic N) is 2. The summed E-state index contributed by atoms with van der Waals surface area (Å²) in [7, 11) is 0. The predicted molar refractivity (Wildman–Crippen MR) is 167 cm³/mol. The third-order valence-electron chi connectivity index (χ3n) is 8.16. The Morgan fingerprint density at radius 1 is 0.610 bits per heavy atom. The zero-order valence-electron chi connectivity index (χ0n) is 22.0. The summed E-state index contributed by atoms with van der Waals surface area (Å²) in [5.74, 6) is 1.69. The molecule has 0 bridgehead atoms. The molecule has 0 radical (unpaired) electrons. The van der Waals surface area contributed by atoms with Crippen molar-refractivity contribution in [3.8, 4) is 0 Å². The number of furan rings is 2. The minimum atomic E-state index is 0.731. The molecule has 0 aliphatic carbocycles. The summed E-state index contributed by atoms with van der Waals surface area (Å²) in [5, 5.41) is 11.4. The maximum atomic E-state index is 6.27. The maximum absolute atomic E-state index is 6.27. The number of anilines is 3. The number of rotatable bonds is 3. The van der Waals surface area contributed by atoms with Gasteiger partial charge < -0.3 is 14.2 Å². The van der Waals surface area contributed by atoms with E-state index in [1.807, 2.05) is 42.7 Å². The van der Waals surface area contributed by atoms with E-state index >= 15 is 0 Å². The second-order valence-corrected chi connectivity index (χ2v) is 10.5. The van der Waals surface area contributed by atoms with Gasteiger partial charge in [0.05, 0.1) is 0 Å². The lowest BCUT2D eigenvalue weighted by atomic mass is 10.0. The molecule has 5 nitrogen and oxygen atoms in total. The van der Waals surface area contributed by atoms with E-state index in [2.05, 4.69) is 89.1 Å². The summed E-state index contributed by atoms with van der Waals surface area (Å²) < 4.78 is 12.4. The molecule has 0 atom stereocenters. The van der Waals surface area contributed by atoms with Gasteiger partial charge >= 0.3 is 0 Å². The number of nitrogens with one attached hydrogen (secondary N) is 1. The van der Waals surface area contributed by atoms with Gasteiger partial charge in [-0.1, -0.05) is 60.7 Å². The van der Waals surface area contributed by atoms with Gasteiger partial charge in [-0.15, -0.1) is 0 Å². The fourth-order valence-corrected chi connectivity index (χ4v) is 6.19. The van der Waals surface area contributed by atoms with Crippen molar-refractivity contribution in [2.45, 2.75) is 6.54 Å². The Bertz CT molecular complexity index is 2340. The monoisotopic (exact) mass is 529 g/mol. The molecule has 3 aromatic heterocycles. The first-order chi connectivity index (χ1) is 20.3. The molecule has 5 heteroatoms. The van der Waals surface area contributed by atoms with Crippen LogP contribution >= 0.6 is 0 Å². The van der Waals surface area contributed by atoms with Crippen LogP contribution in [0.15, 0.2) is 124 Å². The average molecular weight is 530 g/mol. The van der Waals surface area contributed by atoms with Crippen LogP contribution in [0, 0.1) is 0 Å². The number of para-hydroxylation sites is 1. The van der Waals surface area contributed by atoms with E-state index < -0.39 is 0 Å². The smallest absolute Gasteiger partial charge is 0.141 e. The molecular formula is C36H23N3O2. The molecule has 1 N–H and O–H groups in total. The van der Waals surface area contributed by atoms with Crippen LogP contribution in [0.1, 0.15) is 11.3 Å². The zero-order chi connectivity index (χ0) is 26.9. The molecule has 4 heterocycles. The molecule has 0 saturated carbocycles. The second kappa shape index (κ2) is 8.47. The molecule has 1 aliphatic rings. The summed E-state index contributed by atoms with van der Waals surface area (Å²) in [6, 6.07) is 36.0. The van der Waals surface area contributed by atoms with Crippen molar-refractivity contribution in [1.82, 2.24) is 10.3 Å². The van der Waals surface area contributed by atoms with Crippen molar-refractivity contribution in [2.75, 3.05) is 4.90 Å². The van der Waals surface area contributed by atoms with Crippen molar-refractivity contribution in [1.29, 1.82) is 0 Å². The van der Waals surface area contributed by atoms with Crippen molar-refractivity contribution < 1.29 is 8.83 Å². The zero-order valence-corrected chi connectivity index (χ0v) is 22.0. The SMILES string of the molecule is C1=Cc2oc3ccc(N(c4ccc5c(ccc6ccccc65)c4)c4cc5oc6ccccc6c5cn4)cc3c2CN1. The molecule has 1 aliphatic heterocycles. The highest BCUT2D eigenvalue weighted by Crippen LogP contribution is 2.41. The third kappa shape index (κ3) is 3.39. The van der Waals surface area contributed by atoms with Crippen LogP contribution in [0.25, 0.3) is 60.5 Å². The molecular weight excluding hydrogens is 506 g/mol. The quantitative estimate of drug-likeness (QED) is 0.231. The van der Waals surface area contributed by atoms with Gasteiger partial charge in [-0.3, -0.25) is 4.90 Å². The fourth-order valence-electron chi connectivity index (χ4n) is 6.19. The number of pyridine rings is 1. The van der Waals surface area contributed by atoms with Crippen LogP contribution in [-0.2, 0) is 6.54 Å². The van der Waals surface area contributed by atoms with Gasteiger partial charge in [-0.25, -0.2) is 4.98 Å². The van der Waals surface area contributed by atoms with E-state index in [-0.39, 0.29) is 0 Å². The van der Waals surface area contributed by atoms with Crippen molar-refractivity contribution >= 4 is 77.7 Å². The molecule has 0 spiro atoms. The van der Waals surface area contributed by atoms with E-state index in [1.54, 1.807) is 0 Å². The molecule has 194 valence electrons. The van der Waals surface area contributed by atoms with Crippen molar-refractivity contribution in [2.24, 2.45) is 0 Å². The lowest BCUT2D eigenvalue weighted by Gasteiger charge is -2.25. The first-order valence-electron chi connectivity index (χ1n) is 13.7.